The van der Waals surface area contributed by atoms with E-state index in [4.69, 9.17) is 0 Å². The number of tetrazole rings is 1. The highest BCUT2D eigenvalue weighted by atomic mass is 16.1. The quantitative estimate of drug-likeness (QED) is 0.291. The lowest BCUT2D eigenvalue weighted by Crippen LogP contribution is -2.35. The Bertz CT molecular complexity index is 1450. The van der Waals surface area contributed by atoms with E-state index in [9.17, 15) is 4.79 Å². The molecule has 0 spiro atoms. The highest BCUT2D eigenvalue weighted by Gasteiger charge is 2.29. The van der Waals surface area contributed by atoms with E-state index in [-0.39, 0.29) is 11.6 Å². The molecular formula is C31H40N6O. The summed E-state index contributed by atoms with van der Waals surface area (Å²) in [5.74, 6) is 0.924. The molecule has 2 heterocycles. The molecule has 38 heavy (non-hydrogen) atoms. The van der Waals surface area contributed by atoms with Crippen molar-refractivity contribution >= 4 is 10.9 Å². The SMILES string of the molecule is CC[C@H](c1nnnn1C1CCCCC1)N(CCc1cccc(C)c1)Cc1cc2cc(C)cc(C)c2[nH]c1=O. The summed E-state index contributed by atoms with van der Waals surface area (Å²) in [5.41, 5.74) is 6.53. The first-order chi connectivity index (χ1) is 18.4. The van der Waals surface area contributed by atoms with Gasteiger partial charge in [0.2, 0.25) is 0 Å². The van der Waals surface area contributed by atoms with Crippen molar-refractivity contribution in [2.75, 3.05) is 6.54 Å². The van der Waals surface area contributed by atoms with Crippen molar-refractivity contribution in [2.45, 2.75) is 91.3 Å². The molecule has 1 saturated carbocycles. The number of fused-ring (bicyclic) bond motifs is 1. The Balaban J connectivity index is 1.50. The minimum Gasteiger partial charge on any atom is -0.321 e. The first kappa shape index (κ1) is 26.3. The van der Waals surface area contributed by atoms with E-state index in [2.05, 4.69) is 100 Å². The average molecular weight is 513 g/mol. The smallest absolute Gasteiger partial charge is 0.252 e. The van der Waals surface area contributed by atoms with Gasteiger partial charge in [-0.1, -0.05) is 67.6 Å². The minimum absolute atomic E-state index is 0.0195. The number of pyridine rings is 1. The number of hydrogen-bond donors (Lipinski definition) is 1. The third kappa shape index (κ3) is 5.73. The molecule has 1 N–H and O–H groups in total. The third-order valence-corrected chi connectivity index (χ3v) is 8.08. The van der Waals surface area contributed by atoms with E-state index in [0.29, 0.717) is 12.6 Å². The van der Waals surface area contributed by atoms with E-state index in [1.807, 2.05) is 0 Å². The van der Waals surface area contributed by atoms with Crippen LogP contribution in [0.1, 0.15) is 91.2 Å². The van der Waals surface area contributed by atoms with Gasteiger partial charge in [0.25, 0.3) is 5.56 Å². The fourth-order valence-electron chi connectivity index (χ4n) is 6.16. The zero-order chi connectivity index (χ0) is 26.6. The van der Waals surface area contributed by atoms with Crippen LogP contribution in [0.4, 0.5) is 0 Å². The fourth-order valence-corrected chi connectivity index (χ4v) is 6.16. The molecule has 0 amide bonds. The van der Waals surface area contributed by atoms with Crippen molar-refractivity contribution in [1.82, 2.24) is 30.1 Å². The van der Waals surface area contributed by atoms with E-state index in [1.165, 1.54) is 36.0 Å². The molecule has 5 rings (SSSR count). The van der Waals surface area contributed by atoms with E-state index in [0.717, 1.165) is 60.1 Å². The zero-order valence-corrected chi connectivity index (χ0v) is 23.2. The van der Waals surface area contributed by atoms with Crippen molar-refractivity contribution < 1.29 is 0 Å². The summed E-state index contributed by atoms with van der Waals surface area (Å²) in [4.78, 5) is 18.9. The molecule has 2 aromatic carbocycles. The molecular weight excluding hydrogens is 472 g/mol. The van der Waals surface area contributed by atoms with Crippen LogP contribution in [0, 0.1) is 20.8 Å². The van der Waals surface area contributed by atoms with Gasteiger partial charge in [-0.05, 0) is 85.5 Å². The van der Waals surface area contributed by atoms with Crippen LogP contribution < -0.4 is 5.56 Å². The minimum atomic E-state index is -0.0215. The number of aryl methyl sites for hydroxylation is 3. The lowest BCUT2D eigenvalue weighted by atomic mass is 9.95. The standard InChI is InChI=1S/C31H40N6O/c1-5-28(30-33-34-35-37(30)27-12-7-6-8-13-27)36(15-14-24-11-9-10-21(2)17-24)20-26-19-25-18-22(3)16-23(4)29(25)32-31(26)38/h9-11,16-19,27-28H,5-8,12-15,20H2,1-4H3,(H,32,38)/t28-/m1/s1. The maximum Gasteiger partial charge on any atom is 0.252 e. The first-order valence-corrected chi connectivity index (χ1v) is 14.1. The number of aromatic amines is 1. The molecule has 0 bridgehead atoms. The fraction of sp³-hybridized carbons (Fsp3) is 0.484. The number of benzene rings is 2. The highest BCUT2D eigenvalue weighted by Crippen LogP contribution is 2.32. The van der Waals surface area contributed by atoms with E-state index < -0.39 is 0 Å². The van der Waals surface area contributed by atoms with Crippen LogP contribution >= 0.6 is 0 Å². The third-order valence-electron chi connectivity index (χ3n) is 8.08. The Morgan fingerprint density at radius 2 is 1.87 bits per heavy atom. The lowest BCUT2D eigenvalue weighted by molar-refractivity contribution is 0.165. The van der Waals surface area contributed by atoms with Gasteiger partial charge in [0.1, 0.15) is 0 Å². The van der Waals surface area contributed by atoms with Crippen molar-refractivity contribution in [2.24, 2.45) is 0 Å². The Labute approximate surface area is 225 Å². The maximum absolute atomic E-state index is 13.3. The number of rotatable bonds is 9. The zero-order valence-electron chi connectivity index (χ0n) is 23.2. The van der Waals surface area contributed by atoms with Gasteiger partial charge in [-0.3, -0.25) is 9.69 Å². The second kappa shape index (κ2) is 11.6. The molecule has 1 atom stereocenters. The van der Waals surface area contributed by atoms with Gasteiger partial charge in [-0.25, -0.2) is 4.68 Å². The van der Waals surface area contributed by atoms with Crippen molar-refractivity contribution in [3.8, 4) is 0 Å². The number of hydrogen-bond acceptors (Lipinski definition) is 5. The van der Waals surface area contributed by atoms with Crippen LogP contribution in [0.25, 0.3) is 10.9 Å². The second-order valence-electron chi connectivity index (χ2n) is 11.1. The van der Waals surface area contributed by atoms with Crippen LogP contribution in [0.2, 0.25) is 0 Å². The van der Waals surface area contributed by atoms with Crippen molar-refractivity contribution in [3.05, 3.63) is 86.5 Å². The van der Waals surface area contributed by atoms with Gasteiger partial charge < -0.3 is 4.98 Å². The maximum atomic E-state index is 13.3. The predicted molar refractivity (Wildman–Crippen MR) is 152 cm³/mol. The molecule has 0 saturated heterocycles. The Morgan fingerprint density at radius 3 is 2.63 bits per heavy atom. The van der Waals surface area contributed by atoms with Crippen LogP contribution in [0.5, 0.6) is 0 Å². The summed E-state index contributed by atoms with van der Waals surface area (Å²) in [7, 11) is 0. The molecule has 4 aromatic rings. The summed E-state index contributed by atoms with van der Waals surface area (Å²) in [6, 6.07) is 15.4. The molecule has 0 radical (unpaired) electrons. The highest BCUT2D eigenvalue weighted by molar-refractivity contribution is 5.82. The normalized spacial score (nSPS) is 15.4. The van der Waals surface area contributed by atoms with Gasteiger partial charge in [0, 0.05) is 18.7 Å². The van der Waals surface area contributed by atoms with Crippen molar-refractivity contribution in [3.63, 3.8) is 0 Å². The number of nitrogens with zero attached hydrogens (tertiary/aromatic N) is 5. The van der Waals surface area contributed by atoms with Gasteiger partial charge in [0.05, 0.1) is 17.6 Å². The number of H-pyrrole nitrogens is 1. The molecule has 200 valence electrons. The van der Waals surface area contributed by atoms with Gasteiger partial charge in [0.15, 0.2) is 5.82 Å². The monoisotopic (exact) mass is 512 g/mol. The van der Waals surface area contributed by atoms with Crippen LogP contribution in [0.3, 0.4) is 0 Å². The lowest BCUT2D eigenvalue weighted by Gasteiger charge is -2.32. The van der Waals surface area contributed by atoms with Gasteiger partial charge in [-0.15, -0.1) is 5.10 Å². The summed E-state index contributed by atoms with van der Waals surface area (Å²) >= 11 is 0. The Hall–Kier alpha value is -3.32. The predicted octanol–water partition coefficient (Wildman–Crippen LogP) is 6.14. The molecule has 1 aliphatic rings. The first-order valence-electron chi connectivity index (χ1n) is 14.1. The molecule has 0 aliphatic heterocycles. The molecule has 7 nitrogen and oxygen atoms in total. The van der Waals surface area contributed by atoms with E-state index >= 15 is 0 Å². The average Bonchev–Trinajstić information content (AvgIpc) is 3.38. The topological polar surface area (TPSA) is 79.7 Å². The summed E-state index contributed by atoms with van der Waals surface area (Å²) in [6.07, 6.45) is 7.75. The van der Waals surface area contributed by atoms with Crippen LogP contribution in [-0.2, 0) is 13.0 Å². The largest absolute Gasteiger partial charge is 0.321 e. The van der Waals surface area contributed by atoms with Gasteiger partial charge >= 0.3 is 0 Å². The summed E-state index contributed by atoms with van der Waals surface area (Å²) < 4.78 is 2.09. The molecule has 1 aliphatic carbocycles. The Morgan fingerprint density at radius 1 is 1.05 bits per heavy atom. The molecule has 7 heteroatoms. The van der Waals surface area contributed by atoms with Crippen molar-refractivity contribution in [1.29, 1.82) is 0 Å². The summed E-state index contributed by atoms with van der Waals surface area (Å²) in [5, 5.41) is 14.2. The Kier molecular flexibility index (Phi) is 8.03. The second-order valence-corrected chi connectivity index (χ2v) is 11.1. The molecule has 0 unspecified atom stereocenters. The van der Waals surface area contributed by atoms with Crippen LogP contribution in [-0.4, -0.2) is 36.6 Å². The van der Waals surface area contributed by atoms with Crippen LogP contribution in [0.15, 0.2) is 47.3 Å². The summed E-state index contributed by atoms with van der Waals surface area (Å²) in [6.45, 7) is 9.83. The number of aromatic nitrogens is 5. The number of nitrogens with one attached hydrogen (secondary N) is 1. The van der Waals surface area contributed by atoms with Gasteiger partial charge in [-0.2, -0.15) is 0 Å². The molecule has 1 fully saturated rings. The van der Waals surface area contributed by atoms with E-state index in [1.54, 1.807) is 0 Å². The molecule has 2 aromatic heterocycles.